The Kier molecular flexibility index (Phi) is 6.43. The van der Waals surface area contributed by atoms with Crippen LogP contribution in [0.1, 0.15) is 47.7 Å². The van der Waals surface area contributed by atoms with Crippen LogP contribution in [0.25, 0.3) is 0 Å². The van der Waals surface area contributed by atoms with Gasteiger partial charge in [0.05, 0.1) is 5.56 Å². The zero-order valence-electron chi connectivity index (χ0n) is 15.8. The maximum atomic E-state index is 12.4. The summed E-state index contributed by atoms with van der Waals surface area (Å²) in [6, 6.07) is 13.7. The number of piperidine rings is 1. The molecule has 1 amide bonds. The van der Waals surface area contributed by atoms with E-state index in [1.165, 1.54) is 5.56 Å². The van der Waals surface area contributed by atoms with E-state index >= 15 is 0 Å². The summed E-state index contributed by atoms with van der Waals surface area (Å²) in [6.07, 6.45) is 5.85. The van der Waals surface area contributed by atoms with Gasteiger partial charge >= 0.3 is 0 Å². The van der Waals surface area contributed by atoms with Crippen molar-refractivity contribution in [3.63, 3.8) is 0 Å². The van der Waals surface area contributed by atoms with Crippen LogP contribution in [0.4, 0.5) is 5.82 Å². The van der Waals surface area contributed by atoms with Crippen LogP contribution in [0.15, 0.2) is 42.6 Å². The highest BCUT2D eigenvalue weighted by Crippen LogP contribution is 2.23. The molecule has 1 aliphatic rings. The van der Waals surface area contributed by atoms with Gasteiger partial charge in [0.15, 0.2) is 0 Å². The van der Waals surface area contributed by atoms with Crippen molar-refractivity contribution in [3.05, 3.63) is 59.3 Å². The molecule has 1 aliphatic heterocycles. The molecular formula is C22H26N4O. The number of carbonyl (C=O) groups excluding carboxylic acids is 1. The number of nitrogens with one attached hydrogen (secondary N) is 1. The van der Waals surface area contributed by atoms with E-state index in [2.05, 4.69) is 28.2 Å². The first-order valence-electron chi connectivity index (χ1n) is 9.68. The summed E-state index contributed by atoms with van der Waals surface area (Å²) in [4.78, 5) is 18.9. The lowest BCUT2D eigenvalue weighted by molar-refractivity contribution is 0.0945. The second-order valence-electron chi connectivity index (χ2n) is 7.07. The highest BCUT2D eigenvalue weighted by Gasteiger charge is 2.22. The van der Waals surface area contributed by atoms with Crippen LogP contribution in [0, 0.1) is 17.2 Å². The van der Waals surface area contributed by atoms with Gasteiger partial charge in [-0.3, -0.25) is 4.79 Å². The zero-order chi connectivity index (χ0) is 19.1. The van der Waals surface area contributed by atoms with Crippen LogP contribution in [0.5, 0.6) is 0 Å². The van der Waals surface area contributed by atoms with Crippen LogP contribution in [-0.2, 0) is 6.42 Å². The maximum Gasteiger partial charge on any atom is 0.251 e. The Morgan fingerprint density at radius 1 is 1.26 bits per heavy atom. The van der Waals surface area contributed by atoms with E-state index in [-0.39, 0.29) is 5.91 Å². The Bertz CT molecular complexity index is 802. The molecule has 3 rings (SSSR count). The summed E-state index contributed by atoms with van der Waals surface area (Å²) in [7, 11) is 0. The Morgan fingerprint density at radius 3 is 2.67 bits per heavy atom. The summed E-state index contributed by atoms with van der Waals surface area (Å²) in [6.45, 7) is 4.56. The predicted molar refractivity (Wildman–Crippen MR) is 107 cm³/mol. The molecule has 1 saturated heterocycles. The van der Waals surface area contributed by atoms with Crippen molar-refractivity contribution in [2.45, 2.75) is 32.6 Å². The van der Waals surface area contributed by atoms with Crippen molar-refractivity contribution < 1.29 is 4.79 Å². The molecule has 0 spiro atoms. The largest absolute Gasteiger partial charge is 0.356 e. The maximum absolute atomic E-state index is 12.4. The average Bonchev–Trinajstić information content (AvgIpc) is 2.73. The minimum atomic E-state index is -0.00280. The van der Waals surface area contributed by atoms with E-state index < -0.39 is 0 Å². The van der Waals surface area contributed by atoms with Crippen LogP contribution >= 0.6 is 0 Å². The van der Waals surface area contributed by atoms with Gasteiger partial charge in [-0.1, -0.05) is 25.5 Å². The number of anilines is 1. The summed E-state index contributed by atoms with van der Waals surface area (Å²) in [5, 5.41) is 12.3. The number of aromatic nitrogens is 1. The summed E-state index contributed by atoms with van der Waals surface area (Å²) in [5.41, 5.74) is 2.61. The molecule has 0 saturated carbocycles. The number of aryl methyl sites for hydroxylation is 1. The summed E-state index contributed by atoms with van der Waals surface area (Å²) >= 11 is 0. The van der Waals surface area contributed by atoms with Gasteiger partial charge in [-0.05, 0) is 55.0 Å². The number of nitrogens with zero attached hydrogens (tertiary/aromatic N) is 3. The molecule has 0 unspecified atom stereocenters. The molecule has 140 valence electrons. The molecule has 0 bridgehead atoms. The van der Waals surface area contributed by atoms with Crippen molar-refractivity contribution in [2.75, 3.05) is 24.5 Å². The van der Waals surface area contributed by atoms with Crippen LogP contribution < -0.4 is 10.2 Å². The molecule has 1 fully saturated rings. The van der Waals surface area contributed by atoms with Gasteiger partial charge in [0.2, 0.25) is 0 Å². The van der Waals surface area contributed by atoms with E-state index in [4.69, 9.17) is 0 Å². The molecule has 0 radical (unpaired) electrons. The molecule has 2 aromatic rings. The van der Waals surface area contributed by atoms with E-state index in [0.29, 0.717) is 18.0 Å². The van der Waals surface area contributed by atoms with E-state index in [1.807, 2.05) is 24.3 Å². The Labute approximate surface area is 161 Å². The smallest absolute Gasteiger partial charge is 0.251 e. The first kappa shape index (κ1) is 18.9. The molecule has 1 aromatic heterocycles. The van der Waals surface area contributed by atoms with Gasteiger partial charge in [-0.15, -0.1) is 0 Å². The van der Waals surface area contributed by atoms with Crippen molar-refractivity contribution in [1.82, 2.24) is 10.3 Å². The van der Waals surface area contributed by atoms with Crippen molar-refractivity contribution in [2.24, 2.45) is 5.92 Å². The third-order valence-corrected chi connectivity index (χ3v) is 5.13. The molecule has 0 atom stereocenters. The summed E-state index contributed by atoms with van der Waals surface area (Å²) in [5.74, 6) is 1.23. The Morgan fingerprint density at radius 2 is 2.00 bits per heavy atom. The molecule has 0 aliphatic carbocycles. The van der Waals surface area contributed by atoms with E-state index in [9.17, 15) is 10.1 Å². The number of nitriles is 1. The second-order valence-corrected chi connectivity index (χ2v) is 7.07. The van der Waals surface area contributed by atoms with Gasteiger partial charge in [0.1, 0.15) is 11.9 Å². The van der Waals surface area contributed by atoms with Crippen molar-refractivity contribution >= 4 is 11.7 Å². The number of rotatable bonds is 6. The fraction of sp³-hybridized carbons (Fsp3) is 0.409. The SMILES string of the molecule is CCCc1ccc(C(=O)NCC2CCN(c3ncccc3C#N)CC2)cc1. The predicted octanol–water partition coefficient (Wildman–Crippen LogP) is 3.55. The number of benzene rings is 1. The highest BCUT2D eigenvalue weighted by molar-refractivity contribution is 5.94. The van der Waals surface area contributed by atoms with Crippen LogP contribution in [-0.4, -0.2) is 30.5 Å². The number of amides is 1. The second kappa shape index (κ2) is 9.18. The minimum Gasteiger partial charge on any atom is -0.356 e. The molecule has 2 heterocycles. The van der Waals surface area contributed by atoms with Crippen LogP contribution in [0.2, 0.25) is 0 Å². The van der Waals surface area contributed by atoms with E-state index in [1.54, 1.807) is 18.3 Å². The molecular weight excluding hydrogens is 336 g/mol. The lowest BCUT2D eigenvalue weighted by Gasteiger charge is -2.33. The lowest BCUT2D eigenvalue weighted by Crippen LogP contribution is -2.39. The fourth-order valence-corrected chi connectivity index (χ4v) is 3.54. The lowest BCUT2D eigenvalue weighted by atomic mass is 9.96. The minimum absolute atomic E-state index is 0.00280. The number of carbonyl (C=O) groups is 1. The quantitative estimate of drug-likeness (QED) is 0.853. The van der Waals surface area contributed by atoms with Crippen molar-refractivity contribution in [3.8, 4) is 6.07 Å². The van der Waals surface area contributed by atoms with Crippen molar-refractivity contribution in [1.29, 1.82) is 5.26 Å². The first-order chi connectivity index (χ1) is 13.2. The molecule has 1 aromatic carbocycles. The Hall–Kier alpha value is -2.87. The number of pyridine rings is 1. The molecule has 5 nitrogen and oxygen atoms in total. The first-order valence-corrected chi connectivity index (χ1v) is 9.68. The van der Waals surface area contributed by atoms with Gasteiger partial charge < -0.3 is 10.2 Å². The van der Waals surface area contributed by atoms with Gasteiger partial charge in [-0.25, -0.2) is 4.98 Å². The Balaban J connectivity index is 1.48. The van der Waals surface area contributed by atoms with E-state index in [0.717, 1.165) is 50.2 Å². The standard InChI is InChI=1S/C22H26N4O/c1-2-4-17-6-8-19(9-7-17)22(27)25-16-18-10-13-26(14-11-18)21-20(15-23)5-3-12-24-21/h3,5-9,12,18H,2,4,10-11,13-14,16H2,1H3,(H,25,27). The van der Waals surface area contributed by atoms with Gasteiger partial charge in [0.25, 0.3) is 5.91 Å². The normalized spacial score (nSPS) is 14.6. The third-order valence-electron chi connectivity index (χ3n) is 5.13. The van der Waals surface area contributed by atoms with Gasteiger partial charge in [-0.2, -0.15) is 5.26 Å². The monoisotopic (exact) mass is 362 g/mol. The fourth-order valence-electron chi connectivity index (χ4n) is 3.54. The zero-order valence-corrected chi connectivity index (χ0v) is 15.8. The number of hydrogen-bond acceptors (Lipinski definition) is 4. The summed E-state index contributed by atoms with van der Waals surface area (Å²) < 4.78 is 0. The molecule has 27 heavy (non-hydrogen) atoms. The highest BCUT2D eigenvalue weighted by atomic mass is 16.1. The third kappa shape index (κ3) is 4.85. The molecule has 1 N–H and O–H groups in total. The van der Waals surface area contributed by atoms with Gasteiger partial charge in [0, 0.05) is 31.4 Å². The topological polar surface area (TPSA) is 69.0 Å². The van der Waals surface area contributed by atoms with Crippen LogP contribution in [0.3, 0.4) is 0 Å². The number of hydrogen-bond donors (Lipinski definition) is 1. The molecule has 5 heteroatoms. The average molecular weight is 362 g/mol.